The fraction of sp³-hybridized carbons (Fsp3) is 0.542. The van der Waals surface area contributed by atoms with E-state index in [0.717, 1.165) is 12.8 Å². The number of nitrogens with zero attached hydrogens (tertiary/aromatic N) is 1. The van der Waals surface area contributed by atoms with Gasteiger partial charge in [-0.2, -0.15) is 0 Å². The highest BCUT2D eigenvalue weighted by Crippen LogP contribution is 2.38. The van der Waals surface area contributed by atoms with E-state index in [1.807, 2.05) is 22.6 Å². The van der Waals surface area contributed by atoms with Gasteiger partial charge in [-0.15, -0.1) is 0 Å². The Morgan fingerprint density at radius 1 is 1.29 bits per heavy atom. The SMILES string of the molecule is COCCN(C(=O)C1CC1)C1CC(C(=O)NCCO)=CC(Oc2c(I)cc(C=O)cc2OC)C1O. The summed E-state index contributed by atoms with van der Waals surface area (Å²) in [7, 11) is 2.98. The average Bonchev–Trinajstić information content (AvgIpc) is 3.70. The minimum atomic E-state index is -1.14. The van der Waals surface area contributed by atoms with Crippen LogP contribution in [0.5, 0.6) is 11.5 Å². The van der Waals surface area contributed by atoms with Gasteiger partial charge in [-0.1, -0.05) is 0 Å². The zero-order valence-corrected chi connectivity index (χ0v) is 21.9. The molecule has 11 heteroatoms. The summed E-state index contributed by atoms with van der Waals surface area (Å²) in [6, 6.07) is 2.43. The number of hydrogen-bond acceptors (Lipinski definition) is 8. The number of rotatable bonds is 12. The first kappa shape index (κ1) is 27.4. The Bertz CT molecular complexity index is 965. The van der Waals surface area contributed by atoms with Crippen LogP contribution in [0.4, 0.5) is 0 Å². The smallest absolute Gasteiger partial charge is 0.247 e. The number of aliphatic hydroxyl groups is 2. The van der Waals surface area contributed by atoms with Gasteiger partial charge < -0.3 is 34.6 Å². The molecule has 3 unspecified atom stereocenters. The zero-order valence-electron chi connectivity index (χ0n) is 19.7. The number of methoxy groups -OCH3 is 2. The minimum absolute atomic E-state index is 0.0716. The fourth-order valence-electron chi connectivity index (χ4n) is 4.03. The lowest BCUT2D eigenvalue weighted by molar-refractivity contribution is -0.140. The predicted octanol–water partition coefficient (Wildman–Crippen LogP) is 0.913. The van der Waals surface area contributed by atoms with Crippen molar-refractivity contribution < 1.29 is 38.8 Å². The van der Waals surface area contributed by atoms with E-state index < -0.39 is 24.2 Å². The Balaban J connectivity index is 1.97. The van der Waals surface area contributed by atoms with Gasteiger partial charge in [0.25, 0.3) is 0 Å². The third-order valence-electron chi connectivity index (χ3n) is 6.00. The van der Waals surface area contributed by atoms with E-state index in [9.17, 15) is 19.5 Å². The third kappa shape index (κ3) is 6.72. The molecule has 2 amide bonds. The van der Waals surface area contributed by atoms with Gasteiger partial charge in [-0.3, -0.25) is 14.4 Å². The molecule has 0 aromatic heterocycles. The van der Waals surface area contributed by atoms with E-state index in [1.54, 1.807) is 11.0 Å². The zero-order chi connectivity index (χ0) is 25.5. The molecular formula is C24H31IN2O8. The maximum absolute atomic E-state index is 13.1. The highest BCUT2D eigenvalue weighted by atomic mass is 127. The third-order valence-corrected chi connectivity index (χ3v) is 6.80. The fourth-order valence-corrected chi connectivity index (χ4v) is 4.78. The van der Waals surface area contributed by atoms with E-state index in [0.29, 0.717) is 32.5 Å². The van der Waals surface area contributed by atoms with Crippen molar-refractivity contribution >= 4 is 40.7 Å². The molecule has 3 N–H and O–H groups in total. The molecular weight excluding hydrogens is 571 g/mol. The van der Waals surface area contributed by atoms with Gasteiger partial charge in [0.05, 0.1) is 29.9 Å². The maximum Gasteiger partial charge on any atom is 0.247 e. The van der Waals surface area contributed by atoms with Crippen LogP contribution >= 0.6 is 22.6 Å². The highest BCUT2D eigenvalue weighted by molar-refractivity contribution is 14.1. The van der Waals surface area contributed by atoms with Crippen molar-refractivity contribution in [3.63, 3.8) is 0 Å². The summed E-state index contributed by atoms with van der Waals surface area (Å²) in [5.74, 6) is 0.0374. The largest absolute Gasteiger partial charge is 0.493 e. The molecule has 0 heterocycles. The molecule has 1 saturated carbocycles. The van der Waals surface area contributed by atoms with E-state index in [4.69, 9.17) is 19.3 Å². The molecule has 35 heavy (non-hydrogen) atoms. The molecule has 3 rings (SSSR count). The number of amides is 2. The molecule has 0 spiro atoms. The summed E-state index contributed by atoms with van der Waals surface area (Å²) in [6.45, 7) is 0.397. The molecule has 10 nitrogen and oxygen atoms in total. The molecule has 2 aliphatic rings. The van der Waals surface area contributed by atoms with Crippen LogP contribution in [0.15, 0.2) is 23.8 Å². The lowest BCUT2D eigenvalue weighted by Crippen LogP contribution is -2.56. The van der Waals surface area contributed by atoms with Crippen molar-refractivity contribution in [2.75, 3.05) is 40.5 Å². The molecule has 1 aromatic rings. The van der Waals surface area contributed by atoms with Gasteiger partial charge >= 0.3 is 0 Å². The lowest BCUT2D eigenvalue weighted by atomic mass is 9.88. The van der Waals surface area contributed by atoms with Crippen LogP contribution in [-0.2, 0) is 14.3 Å². The molecule has 2 aliphatic carbocycles. The summed E-state index contributed by atoms with van der Waals surface area (Å²) in [4.78, 5) is 38.8. The van der Waals surface area contributed by atoms with Crippen molar-refractivity contribution in [1.82, 2.24) is 10.2 Å². The molecule has 192 valence electrons. The van der Waals surface area contributed by atoms with Crippen molar-refractivity contribution in [3.05, 3.63) is 32.9 Å². The van der Waals surface area contributed by atoms with Crippen LogP contribution in [0.1, 0.15) is 29.6 Å². The van der Waals surface area contributed by atoms with Crippen LogP contribution < -0.4 is 14.8 Å². The Labute approximate surface area is 217 Å². The minimum Gasteiger partial charge on any atom is -0.493 e. The molecule has 0 bridgehead atoms. The predicted molar refractivity (Wildman–Crippen MR) is 134 cm³/mol. The number of hydrogen-bond donors (Lipinski definition) is 3. The Kier molecular flexibility index (Phi) is 9.89. The Hall–Kier alpha value is -2.22. The second kappa shape index (κ2) is 12.7. The van der Waals surface area contributed by atoms with E-state index in [-0.39, 0.29) is 44.5 Å². The second-order valence-corrected chi connectivity index (χ2v) is 9.63. The van der Waals surface area contributed by atoms with E-state index in [1.165, 1.54) is 26.4 Å². The molecule has 0 aliphatic heterocycles. The van der Waals surface area contributed by atoms with Crippen molar-refractivity contribution in [2.45, 2.75) is 37.5 Å². The Morgan fingerprint density at radius 3 is 2.63 bits per heavy atom. The van der Waals surface area contributed by atoms with Gasteiger partial charge in [0.1, 0.15) is 18.5 Å². The normalized spacial score (nSPS) is 21.6. The van der Waals surface area contributed by atoms with Gasteiger partial charge in [0.2, 0.25) is 11.8 Å². The molecule has 0 saturated heterocycles. The second-order valence-electron chi connectivity index (χ2n) is 8.47. The molecule has 1 aromatic carbocycles. The summed E-state index contributed by atoms with van der Waals surface area (Å²) >= 11 is 2.01. The number of carbonyl (C=O) groups excluding carboxylic acids is 3. The summed E-state index contributed by atoms with van der Waals surface area (Å²) < 4.78 is 17.3. The summed E-state index contributed by atoms with van der Waals surface area (Å²) in [6.07, 6.45) is 1.82. The van der Waals surface area contributed by atoms with Gasteiger partial charge in [-0.05, 0) is 53.6 Å². The average molecular weight is 602 g/mol. The van der Waals surface area contributed by atoms with Crippen LogP contribution in [0.3, 0.4) is 0 Å². The molecule has 3 atom stereocenters. The number of aliphatic hydroxyl groups excluding tert-OH is 2. The summed E-state index contributed by atoms with van der Waals surface area (Å²) in [5.41, 5.74) is 0.740. The topological polar surface area (TPSA) is 135 Å². The van der Waals surface area contributed by atoms with Crippen molar-refractivity contribution in [3.8, 4) is 11.5 Å². The number of nitrogens with one attached hydrogen (secondary N) is 1. The van der Waals surface area contributed by atoms with E-state index in [2.05, 4.69) is 5.32 Å². The Morgan fingerprint density at radius 2 is 2.03 bits per heavy atom. The first-order valence-corrected chi connectivity index (χ1v) is 12.5. The lowest BCUT2D eigenvalue weighted by Gasteiger charge is -2.40. The van der Waals surface area contributed by atoms with Gasteiger partial charge in [0, 0.05) is 43.7 Å². The standard InChI is InChI=1S/C24H31IN2O8/c1-33-8-6-27(24(32)15-3-4-15)18-11-16(23(31)26-5-7-28)12-19(21(18)30)35-22-17(25)9-14(13-29)10-20(22)34-2/h9-10,12-13,15,18-19,21,28,30H,3-8,11H2,1-2H3,(H,26,31). The van der Waals surface area contributed by atoms with Gasteiger partial charge in [-0.25, -0.2) is 0 Å². The molecule has 0 radical (unpaired) electrons. The van der Waals surface area contributed by atoms with Crippen molar-refractivity contribution in [2.24, 2.45) is 5.92 Å². The van der Waals surface area contributed by atoms with E-state index >= 15 is 0 Å². The number of benzene rings is 1. The monoisotopic (exact) mass is 602 g/mol. The quantitative estimate of drug-likeness (QED) is 0.238. The number of halogens is 1. The van der Waals surface area contributed by atoms with Crippen LogP contribution in [0.25, 0.3) is 0 Å². The maximum atomic E-state index is 13.1. The van der Waals surface area contributed by atoms with Crippen LogP contribution in [-0.4, -0.2) is 92.0 Å². The number of aldehydes is 1. The summed E-state index contributed by atoms with van der Waals surface area (Å²) in [5, 5.41) is 23.1. The number of carbonyl (C=O) groups is 3. The first-order chi connectivity index (χ1) is 16.8. The van der Waals surface area contributed by atoms with Crippen molar-refractivity contribution in [1.29, 1.82) is 0 Å². The molecule has 1 fully saturated rings. The number of ether oxygens (including phenoxy) is 3. The first-order valence-electron chi connectivity index (χ1n) is 11.4. The van der Waals surface area contributed by atoms with Crippen LogP contribution in [0.2, 0.25) is 0 Å². The highest BCUT2D eigenvalue weighted by Gasteiger charge is 2.44. The van der Waals surface area contributed by atoms with Gasteiger partial charge in [0.15, 0.2) is 11.5 Å². The van der Waals surface area contributed by atoms with Crippen LogP contribution in [0, 0.1) is 9.49 Å².